The Balaban J connectivity index is 1.69. The molecule has 0 aromatic rings. The Morgan fingerprint density at radius 1 is 1.10 bits per heavy atom. The zero-order valence-corrected chi connectivity index (χ0v) is 13.1. The van der Waals surface area contributed by atoms with Gasteiger partial charge in [0.25, 0.3) is 0 Å². The van der Waals surface area contributed by atoms with Crippen LogP contribution in [0.25, 0.3) is 0 Å². The van der Waals surface area contributed by atoms with Gasteiger partial charge in [-0.05, 0) is 44.6 Å². The molecule has 118 valence electrons. The molecule has 0 radical (unpaired) electrons. The lowest BCUT2D eigenvalue weighted by Gasteiger charge is -2.45. The summed E-state index contributed by atoms with van der Waals surface area (Å²) in [6.07, 6.45) is 6.17. The smallest absolute Gasteiger partial charge is 0.0990 e. The maximum atomic E-state index is 6.12. The Labute approximate surface area is 123 Å². The van der Waals surface area contributed by atoms with E-state index in [0.29, 0.717) is 18.1 Å². The van der Waals surface area contributed by atoms with Gasteiger partial charge in [0.05, 0.1) is 18.8 Å². The second kappa shape index (κ2) is 8.98. The van der Waals surface area contributed by atoms with E-state index in [1.54, 1.807) is 0 Å². The Hall–Kier alpha value is -0.160. The van der Waals surface area contributed by atoms with Crippen molar-refractivity contribution in [3.05, 3.63) is 0 Å². The van der Waals surface area contributed by atoms with Crippen molar-refractivity contribution in [3.63, 3.8) is 0 Å². The predicted molar refractivity (Wildman–Crippen MR) is 80.0 cm³/mol. The molecule has 0 spiro atoms. The van der Waals surface area contributed by atoms with E-state index in [-0.39, 0.29) is 6.10 Å². The van der Waals surface area contributed by atoms with Gasteiger partial charge < -0.3 is 19.5 Å². The fraction of sp³-hybridized carbons (Fsp3) is 1.00. The third-order valence-corrected chi connectivity index (χ3v) is 4.31. The fourth-order valence-corrected chi connectivity index (χ4v) is 2.92. The van der Waals surface area contributed by atoms with Crippen molar-refractivity contribution in [3.8, 4) is 0 Å². The zero-order chi connectivity index (χ0) is 14.2. The molecule has 1 heterocycles. The summed E-state index contributed by atoms with van der Waals surface area (Å²) in [5.41, 5.74) is 0. The summed E-state index contributed by atoms with van der Waals surface area (Å²) in [6.45, 7) is 8.94. The molecule has 0 aromatic carbocycles. The molecule has 1 aliphatic heterocycles. The largest absolute Gasteiger partial charge is 0.381 e. The number of hydrogen-bond donors (Lipinski definition) is 1. The fourth-order valence-electron chi connectivity index (χ4n) is 2.92. The van der Waals surface area contributed by atoms with E-state index in [1.165, 1.54) is 6.42 Å². The van der Waals surface area contributed by atoms with Gasteiger partial charge >= 0.3 is 0 Å². The second-order valence-electron chi connectivity index (χ2n) is 6.06. The van der Waals surface area contributed by atoms with Gasteiger partial charge in [0.1, 0.15) is 0 Å². The quantitative estimate of drug-likeness (QED) is 0.706. The van der Waals surface area contributed by atoms with Gasteiger partial charge in [0, 0.05) is 25.9 Å². The van der Waals surface area contributed by atoms with Gasteiger partial charge in [-0.3, -0.25) is 0 Å². The summed E-state index contributed by atoms with van der Waals surface area (Å²) in [5, 5.41) is 3.57. The van der Waals surface area contributed by atoms with Crippen molar-refractivity contribution in [2.75, 3.05) is 33.0 Å². The van der Waals surface area contributed by atoms with Crippen molar-refractivity contribution >= 4 is 0 Å². The zero-order valence-electron chi connectivity index (χ0n) is 13.1. The minimum Gasteiger partial charge on any atom is -0.381 e. The van der Waals surface area contributed by atoms with Crippen LogP contribution in [-0.2, 0) is 14.2 Å². The highest BCUT2D eigenvalue weighted by Gasteiger charge is 2.42. The number of nitrogens with one attached hydrogen (secondary N) is 1. The SMILES string of the molecule is CCCNC1CC(OCC2CCOCC2)C1OCCC. The normalized spacial score (nSPS) is 31.2. The molecular weight excluding hydrogens is 254 g/mol. The van der Waals surface area contributed by atoms with Crippen molar-refractivity contribution < 1.29 is 14.2 Å². The molecule has 1 N–H and O–H groups in total. The van der Waals surface area contributed by atoms with E-state index in [4.69, 9.17) is 14.2 Å². The first-order valence-electron chi connectivity index (χ1n) is 8.39. The molecule has 4 nitrogen and oxygen atoms in total. The van der Waals surface area contributed by atoms with Crippen LogP contribution in [0.5, 0.6) is 0 Å². The molecule has 20 heavy (non-hydrogen) atoms. The lowest BCUT2D eigenvalue weighted by molar-refractivity contribution is -0.155. The lowest BCUT2D eigenvalue weighted by Crippen LogP contribution is -2.60. The van der Waals surface area contributed by atoms with Gasteiger partial charge in [-0.2, -0.15) is 0 Å². The number of hydrogen-bond acceptors (Lipinski definition) is 4. The molecule has 4 heteroatoms. The first-order chi connectivity index (χ1) is 9.85. The van der Waals surface area contributed by atoms with Crippen LogP contribution in [-0.4, -0.2) is 51.2 Å². The standard InChI is InChI=1S/C16H31NO3/c1-3-7-17-14-11-15(16(14)19-8-4-2)20-12-13-5-9-18-10-6-13/h13-17H,3-12H2,1-2H3. The summed E-state index contributed by atoms with van der Waals surface area (Å²) < 4.78 is 17.5. The van der Waals surface area contributed by atoms with Crippen LogP contribution in [0.3, 0.4) is 0 Å². The van der Waals surface area contributed by atoms with E-state index in [9.17, 15) is 0 Å². The average Bonchev–Trinajstić information content (AvgIpc) is 2.47. The highest BCUT2D eigenvalue weighted by Crippen LogP contribution is 2.29. The third kappa shape index (κ3) is 4.69. The molecule has 1 saturated carbocycles. The Morgan fingerprint density at radius 2 is 1.90 bits per heavy atom. The van der Waals surface area contributed by atoms with Gasteiger partial charge in [0.15, 0.2) is 0 Å². The van der Waals surface area contributed by atoms with Crippen LogP contribution in [0, 0.1) is 5.92 Å². The monoisotopic (exact) mass is 285 g/mol. The van der Waals surface area contributed by atoms with Crippen LogP contribution in [0.15, 0.2) is 0 Å². The van der Waals surface area contributed by atoms with Crippen molar-refractivity contribution in [1.29, 1.82) is 0 Å². The second-order valence-corrected chi connectivity index (χ2v) is 6.06. The first kappa shape index (κ1) is 16.2. The molecule has 0 amide bonds. The minimum absolute atomic E-state index is 0.251. The van der Waals surface area contributed by atoms with E-state index in [2.05, 4.69) is 19.2 Å². The minimum atomic E-state index is 0.251. The molecule has 1 aliphatic carbocycles. The summed E-state index contributed by atoms with van der Waals surface area (Å²) in [5.74, 6) is 0.679. The molecule has 3 unspecified atom stereocenters. The maximum Gasteiger partial charge on any atom is 0.0990 e. The lowest BCUT2D eigenvalue weighted by atomic mass is 9.84. The Morgan fingerprint density at radius 3 is 2.60 bits per heavy atom. The molecule has 1 saturated heterocycles. The van der Waals surface area contributed by atoms with Gasteiger partial charge in [0.2, 0.25) is 0 Å². The Kier molecular flexibility index (Phi) is 7.28. The number of rotatable bonds is 9. The van der Waals surface area contributed by atoms with Crippen LogP contribution < -0.4 is 5.32 Å². The van der Waals surface area contributed by atoms with E-state index in [0.717, 1.165) is 58.7 Å². The summed E-state index contributed by atoms with van der Waals surface area (Å²) in [4.78, 5) is 0. The average molecular weight is 285 g/mol. The van der Waals surface area contributed by atoms with Gasteiger partial charge in [-0.25, -0.2) is 0 Å². The highest BCUT2D eigenvalue weighted by molar-refractivity contribution is 4.97. The van der Waals surface area contributed by atoms with Crippen LogP contribution in [0.1, 0.15) is 46.0 Å². The highest BCUT2D eigenvalue weighted by atomic mass is 16.5. The van der Waals surface area contributed by atoms with Crippen molar-refractivity contribution in [2.45, 2.75) is 64.2 Å². The summed E-state index contributed by atoms with van der Waals surface area (Å²) in [7, 11) is 0. The topological polar surface area (TPSA) is 39.7 Å². The Bertz CT molecular complexity index is 256. The van der Waals surface area contributed by atoms with Gasteiger partial charge in [-0.15, -0.1) is 0 Å². The van der Waals surface area contributed by atoms with E-state index >= 15 is 0 Å². The predicted octanol–water partition coefficient (Wildman–Crippen LogP) is 2.37. The molecule has 3 atom stereocenters. The summed E-state index contributed by atoms with van der Waals surface area (Å²) in [6, 6.07) is 0.487. The van der Waals surface area contributed by atoms with Gasteiger partial charge in [-0.1, -0.05) is 13.8 Å². The maximum absolute atomic E-state index is 6.12. The molecular formula is C16H31NO3. The number of ether oxygens (including phenoxy) is 3. The summed E-state index contributed by atoms with van der Waals surface area (Å²) >= 11 is 0. The van der Waals surface area contributed by atoms with Crippen molar-refractivity contribution in [2.24, 2.45) is 5.92 Å². The van der Waals surface area contributed by atoms with E-state index in [1.807, 2.05) is 0 Å². The van der Waals surface area contributed by atoms with E-state index < -0.39 is 0 Å². The molecule has 2 fully saturated rings. The molecule has 0 aromatic heterocycles. The third-order valence-electron chi connectivity index (χ3n) is 4.31. The van der Waals surface area contributed by atoms with Crippen molar-refractivity contribution in [1.82, 2.24) is 5.32 Å². The van der Waals surface area contributed by atoms with Crippen LogP contribution in [0.2, 0.25) is 0 Å². The molecule has 2 rings (SSSR count). The molecule has 0 bridgehead atoms. The van der Waals surface area contributed by atoms with Crippen LogP contribution >= 0.6 is 0 Å². The first-order valence-corrected chi connectivity index (χ1v) is 8.39. The molecule has 2 aliphatic rings. The van der Waals surface area contributed by atoms with Crippen LogP contribution in [0.4, 0.5) is 0 Å².